The SMILES string of the molecule is Cc1ccc(S(=O)O)c2nccnc12. The maximum absolute atomic E-state index is 11.0. The quantitative estimate of drug-likeness (QED) is 0.722. The van der Waals surface area contributed by atoms with E-state index in [2.05, 4.69) is 9.97 Å². The molecule has 0 aliphatic rings. The Morgan fingerprint density at radius 1 is 1.21 bits per heavy atom. The second kappa shape index (κ2) is 3.43. The van der Waals surface area contributed by atoms with E-state index in [0.717, 1.165) is 5.56 Å². The van der Waals surface area contributed by atoms with Gasteiger partial charge in [0.15, 0.2) is 11.1 Å². The van der Waals surface area contributed by atoms with Crippen molar-refractivity contribution in [2.75, 3.05) is 0 Å². The summed E-state index contributed by atoms with van der Waals surface area (Å²) in [6.07, 6.45) is 3.08. The molecule has 0 bridgehead atoms. The first kappa shape index (κ1) is 9.23. The summed E-state index contributed by atoms with van der Waals surface area (Å²) < 4.78 is 20.0. The van der Waals surface area contributed by atoms with Gasteiger partial charge in [0, 0.05) is 12.4 Å². The van der Waals surface area contributed by atoms with Crippen LogP contribution in [0.3, 0.4) is 0 Å². The van der Waals surface area contributed by atoms with E-state index in [0.29, 0.717) is 15.9 Å². The van der Waals surface area contributed by atoms with Gasteiger partial charge in [0.1, 0.15) is 5.52 Å². The molecule has 0 aliphatic heterocycles. The lowest BCUT2D eigenvalue weighted by Gasteiger charge is -2.02. The lowest BCUT2D eigenvalue weighted by atomic mass is 10.2. The highest BCUT2D eigenvalue weighted by Crippen LogP contribution is 2.19. The summed E-state index contributed by atoms with van der Waals surface area (Å²) in [5.74, 6) is 0. The van der Waals surface area contributed by atoms with Crippen molar-refractivity contribution in [1.82, 2.24) is 9.97 Å². The van der Waals surface area contributed by atoms with E-state index in [4.69, 9.17) is 4.55 Å². The van der Waals surface area contributed by atoms with Crippen LogP contribution in [-0.2, 0) is 11.1 Å². The van der Waals surface area contributed by atoms with Crippen molar-refractivity contribution < 1.29 is 8.76 Å². The Hall–Kier alpha value is -1.33. The number of benzene rings is 1. The standard InChI is InChI=1S/C9H8N2O2S/c1-6-2-3-7(14(12)13)9-8(6)10-4-5-11-9/h2-5H,1H3,(H,12,13). The minimum Gasteiger partial charge on any atom is -0.302 e. The summed E-state index contributed by atoms with van der Waals surface area (Å²) in [5.41, 5.74) is 2.11. The molecule has 1 aromatic heterocycles. The maximum atomic E-state index is 11.0. The van der Waals surface area contributed by atoms with E-state index in [1.54, 1.807) is 18.3 Å². The number of nitrogens with zero attached hydrogens (tertiary/aromatic N) is 2. The summed E-state index contributed by atoms with van der Waals surface area (Å²) in [4.78, 5) is 8.47. The summed E-state index contributed by atoms with van der Waals surface area (Å²) in [7, 11) is 0. The molecule has 0 aliphatic carbocycles. The van der Waals surface area contributed by atoms with Crippen LogP contribution < -0.4 is 0 Å². The molecule has 0 radical (unpaired) electrons. The normalized spacial score (nSPS) is 13.0. The fourth-order valence-electron chi connectivity index (χ4n) is 1.31. The molecule has 1 atom stereocenters. The van der Waals surface area contributed by atoms with Crippen LogP contribution in [-0.4, -0.2) is 18.7 Å². The minimum atomic E-state index is -2.01. The third-order valence-electron chi connectivity index (χ3n) is 1.98. The number of aryl methyl sites for hydroxylation is 1. The number of hydrogen-bond acceptors (Lipinski definition) is 3. The van der Waals surface area contributed by atoms with E-state index in [1.807, 2.05) is 6.92 Å². The molecule has 0 fully saturated rings. The zero-order chi connectivity index (χ0) is 10.1. The molecule has 5 heteroatoms. The van der Waals surface area contributed by atoms with Crippen molar-refractivity contribution in [3.63, 3.8) is 0 Å². The van der Waals surface area contributed by atoms with Crippen LogP contribution >= 0.6 is 0 Å². The highest BCUT2D eigenvalue weighted by atomic mass is 32.2. The molecular weight excluding hydrogens is 200 g/mol. The third-order valence-corrected chi connectivity index (χ3v) is 2.68. The van der Waals surface area contributed by atoms with Crippen LogP contribution in [0.15, 0.2) is 29.4 Å². The highest BCUT2D eigenvalue weighted by molar-refractivity contribution is 7.79. The average Bonchev–Trinajstić information content (AvgIpc) is 2.18. The topological polar surface area (TPSA) is 63.1 Å². The summed E-state index contributed by atoms with van der Waals surface area (Å²) in [6, 6.07) is 3.36. The number of aromatic nitrogens is 2. The van der Waals surface area contributed by atoms with E-state index >= 15 is 0 Å². The lowest BCUT2D eigenvalue weighted by molar-refractivity contribution is 0.565. The van der Waals surface area contributed by atoms with Gasteiger partial charge in [0.05, 0.1) is 10.4 Å². The van der Waals surface area contributed by atoms with Gasteiger partial charge in [-0.1, -0.05) is 6.07 Å². The molecule has 2 aromatic rings. The van der Waals surface area contributed by atoms with Crippen LogP contribution in [0.5, 0.6) is 0 Å². The van der Waals surface area contributed by atoms with Crippen molar-refractivity contribution in [2.45, 2.75) is 11.8 Å². The second-order valence-corrected chi connectivity index (χ2v) is 3.82. The van der Waals surface area contributed by atoms with Crippen molar-refractivity contribution in [3.05, 3.63) is 30.1 Å². The first-order valence-corrected chi connectivity index (χ1v) is 5.12. The second-order valence-electron chi connectivity index (χ2n) is 2.88. The summed E-state index contributed by atoms with van der Waals surface area (Å²) in [5, 5.41) is 0. The van der Waals surface area contributed by atoms with Crippen molar-refractivity contribution in [1.29, 1.82) is 0 Å². The molecule has 0 amide bonds. The van der Waals surface area contributed by atoms with Gasteiger partial charge in [0.25, 0.3) is 0 Å². The molecule has 2 rings (SSSR count). The van der Waals surface area contributed by atoms with Gasteiger partial charge in [0.2, 0.25) is 0 Å². The molecule has 0 saturated carbocycles. The average molecular weight is 208 g/mol. The Labute approximate surface area is 83.3 Å². The van der Waals surface area contributed by atoms with Gasteiger partial charge in [-0.15, -0.1) is 0 Å². The summed E-state index contributed by atoms with van der Waals surface area (Å²) in [6.45, 7) is 1.89. The Bertz CT molecular complexity index is 513. The van der Waals surface area contributed by atoms with Gasteiger partial charge in [-0.2, -0.15) is 0 Å². The smallest absolute Gasteiger partial charge is 0.188 e. The first-order chi connectivity index (χ1) is 6.70. The highest BCUT2D eigenvalue weighted by Gasteiger charge is 2.09. The largest absolute Gasteiger partial charge is 0.302 e. The zero-order valence-corrected chi connectivity index (χ0v) is 8.28. The van der Waals surface area contributed by atoms with Gasteiger partial charge in [-0.25, -0.2) is 4.21 Å². The number of fused-ring (bicyclic) bond motifs is 1. The monoisotopic (exact) mass is 208 g/mol. The van der Waals surface area contributed by atoms with Gasteiger partial charge in [-0.05, 0) is 18.6 Å². The molecule has 14 heavy (non-hydrogen) atoms. The van der Waals surface area contributed by atoms with Crippen LogP contribution in [0, 0.1) is 6.92 Å². The fourth-order valence-corrected chi connectivity index (χ4v) is 1.81. The lowest BCUT2D eigenvalue weighted by Crippen LogP contribution is -1.95. The van der Waals surface area contributed by atoms with Crippen LogP contribution in [0.4, 0.5) is 0 Å². The van der Waals surface area contributed by atoms with E-state index in [9.17, 15) is 4.21 Å². The van der Waals surface area contributed by atoms with Crippen LogP contribution in [0.25, 0.3) is 11.0 Å². The van der Waals surface area contributed by atoms with Crippen LogP contribution in [0.1, 0.15) is 5.56 Å². The Morgan fingerprint density at radius 3 is 2.50 bits per heavy atom. The molecular formula is C9H8N2O2S. The molecule has 1 unspecified atom stereocenters. The number of hydrogen-bond donors (Lipinski definition) is 1. The van der Waals surface area contributed by atoms with Gasteiger partial charge < -0.3 is 4.55 Å². The molecule has 1 heterocycles. The van der Waals surface area contributed by atoms with Crippen LogP contribution in [0.2, 0.25) is 0 Å². The molecule has 1 aromatic carbocycles. The molecule has 0 spiro atoms. The van der Waals surface area contributed by atoms with E-state index in [-0.39, 0.29) is 0 Å². The van der Waals surface area contributed by atoms with Crippen molar-refractivity contribution >= 4 is 22.1 Å². The van der Waals surface area contributed by atoms with E-state index < -0.39 is 11.1 Å². The Kier molecular flexibility index (Phi) is 2.26. The Morgan fingerprint density at radius 2 is 1.86 bits per heavy atom. The maximum Gasteiger partial charge on any atom is 0.188 e. The minimum absolute atomic E-state index is 0.304. The van der Waals surface area contributed by atoms with E-state index in [1.165, 1.54) is 6.20 Å². The fraction of sp³-hybridized carbons (Fsp3) is 0.111. The predicted octanol–water partition coefficient (Wildman–Crippen LogP) is 1.52. The molecule has 4 nitrogen and oxygen atoms in total. The predicted molar refractivity (Wildman–Crippen MR) is 53.3 cm³/mol. The third kappa shape index (κ3) is 1.40. The number of rotatable bonds is 1. The van der Waals surface area contributed by atoms with Gasteiger partial charge in [-0.3, -0.25) is 9.97 Å². The Balaban J connectivity index is 2.88. The summed E-state index contributed by atoms with van der Waals surface area (Å²) >= 11 is -2.01. The van der Waals surface area contributed by atoms with Crippen molar-refractivity contribution in [3.8, 4) is 0 Å². The first-order valence-electron chi connectivity index (χ1n) is 4.01. The molecule has 72 valence electrons. The zero-order valence-electron chi connectivity index (χ0n) is 7.47. The van der Waals surface area contributed by atoms with Gasteiger partial charge >= 0.3 is 0 Å². The molecule has 1 N–H and O–H groups in total. The molecule has 0 saturated heterocycles. The van der Waals surface area contributed by atoms with Crippen molar-refractivity contribution in [2.24, 2.45) is 0 Å².